The molecule has 1 saturated carbocycles. The summed E-state index contributed by atoms with van der Waals surface area (Å²) in [5, 5.41) is 6.10. The van der Waals surface area contributed by atoms with E-state index < -0.39 is 0 Å². The van der Waals surface area contributed by atoms with E-state index in [1.807, 2.05) is 30.3 Å². The number of hydrogen-bond acceptors (Lipinski definition) is 3. The average Bonchev–Trinajstić information content (AvgIpc) is 3.41. The Morgan fingerprint density at radius 1 is 1.08 bits per heavy atom. The summed E-state index contributed by atoms with van der Waals surface area (Å²) in [6.07, 6.45) is 4.36. The third kappa shape index (κ3) is 6.36. The number of rotatable bonds is 8. The monoisotopic (exact) mass is 361 g/mol. The first-order valence-electron chi connectivity index (χ1n) is 8.41. The Bertz CT molecular complexity index is 739. The molecule has 1 aromatic heterocycles. The molecule has 25 heavy (non-hydrogen) atoms. The van der Waals surface area contributed by atoms with E-state index in [0.29, 0.717) is 19.6 Å². The molecule has 1 amide bonds. The van der Waals surface area contributed by atoms with Crippen LogP contribution in [-0.4, -0.2) is 23.6 Å². The van der Waals surface area contributed by atoms with Gasteiger partial charge in [0, 0.05) is 18.8 Å². The van der Waals surface area contributed by atoms with Gasteiger partial charge in [-0.25, -0.2) is 0 Å². The van der Waals surface area contributed by atoms with E-state index in [-0.39, 0.29) is 23.9 Å². The standard InChI is InChI=1S/C19H23N3O2.ClH/c23-18(13-20-11-15-4-5-15)21-12-16-6-8-17(9-7-16)14-22-10-2-1-3-19(22)24;/h1-3,6-10,15,20H,4-5,11-14H2,(H,21,23);1H. The number of pyridine rings is 1. The zero-order chi connectivity index (χ0) is 16.8. The molecule has 0 spiro atoms. The first kappa shape index (κ1) is 19.2. The van der Waals surface area contributed by atoms with Crippen LogP contribution in [0.15, 0.2) is 53.5 Å². The normalized spacial score (nSPS) is 13.1. The molecule has 1 aromatic carbocycles. The van der Waals surface area contributed by atoms with E-state index in [9.17, 15) is 9.59 Å². The summed E-state index contributed by atoms with van der Waals surface area (Å²) in [7, 11) is 0. The van der Waals surface area contributed by atoms with Gasteiger partial charge in [0.05, 0.1) is 13.1 Å². The predicted octanol–water partition coefficient (Wildman–Crippen LogP) is 1.93. The lowest BCUT2D eigenvalue weighted by Crippen LogP contribution is -2.34. The quantitative estimate of drug-likeness (QED) is 0.755. The molecule has 2 aromatic rings. The lowest BCUT2D eigenvalue weighted by molar-refractivity contribution is -0.120. The summed E-state index contributed by atoms with van der Waals surface area (Å²) < 4.78 is 1.67. The first-order chi connectivity index (χ1) is 11.7. The van der Waals surface area contributed by atoms with Crippen molar-refractivity contribution in [1.82, 2.24) is 15.2 Å². The minimum absolute atomic E-state index is 0. The Hall–Kier alpha value is -2.11. The maximum Gasteiger partial charge on any atom is 0.250 e. The van der Waals surface area contributed by atoms with Crippen LogP contribution in [0.3, 0.4) is 0 Å². The largest absolute Gasteiger partial charge is 0.351 e. The molecular weight excluding hydrogens is 338 g/mol. The number of nitrogens with one attached hydrogen (secondary N) is 2. The summed E-state index contributed by atoms with van der Waals surface area (Å²) in [6, 6.07) is 13.1. The second kappa shape index (κ2) is 9.39. The van der Waals surface area contributed by atoms with E-state index in [4.69, 9.17) is 0 Å². The van der Waals surface area contributed by atoms with Crippen LogP contribution < -0.4 is 16.2 Å². The fourth-order valence-corrected chi connectivity index (χ4v) is 2.53. The maximum absolute atomic E-state index is 11.8. The Morgan fingerprint density at radius 3 is 2.48 bits per heavy atom. The topological polar surface area (TPSA) is 63.1 Å². The number of amides is 1. The smallest absolute Gasteiger partial charge is 0.250 e. The van der Waals surface area contributed by atoms with Gasteiger partial charge in [-0.3, -0.25) is 9.59 Å². The van der Waals surface area contributed by atoms with Gasteiger partial charge in [0.2, 0.25) is 5.91 Å². The summed E-state index contributed by atoms with van der Waals surface area (Å²) in [6.45, 7) is 2.40. The SMILES string of the molecule is Cl.O=C(CNCC1CC1)NCc1ccc(Cn2ccccc2=O)cc1. The van der Waals surface area contributed by atoms with E-state index in [2.05, 4.69) is 10.6 Å². The van der Waals surface area contributed by atoms with Crippen LogP contribution in [0, 0.1) is 5.92 Å². The molecule has 0 bridgehead atoms. The molecule has 5 nitrogen and oxygen atoms in total. The fraction of sp³-hybridized carbons (Fsp3) is 0.368. The molecule has 6 heteroatoms. The summed E-state index contributed by atoms with van der Waals surface area (Å²) >= 11 is 0. The molecule has 2 N–H and O–H groups in total. The molecule has 134 valence electrons. The molecule has 0 aliphatic heterocycles. The summed E-state index contributed by atoms with van der Waals surface area (Å²) in [4.78, 5) is 23.5. The van der Waals surface area contributed by atoms with Crippen LogP contribution in [0.1, 0.15) is 24.0 Å². The van der Waals surface area contributed by atoms with Crippen molar-refractivity contribution < 1.29 is 4.79 Å². The number of halogens is 1. The molecule has 0 saturated heterocycles. The molecule has 3 rings (SSSR count). The van der Waals surface area contributed by atoms with E-state index in [1.54, 1.807) is 22.9 Å². The predicted molar refractivity (Wildman–Crippen MR) is 101 cm³/mol. The van der Waals surface area contributed by atoms with Crippen molar-refractivity contribution in [2.75, 3.05) is 13.1 Å². The van der Waals surface area contributed by atoms with E-state index >= 15 is 0 Å². The molecular formula is C19H24ClN3O2. The zero-order valence-corrected chi connectivity index (χ0v) is 14.9. The van der Waals surface area contributed by atoms with Crippen molar-refractivity contribution >= 4 is 18.3 Å². The van der Waals surface area contributed by atoms with Gasteiger partial charge >= 0.3 is 0 Å². The Kier molecular flexibility index (Phi) is 7.22. The minimum atomic E-state index is -0.00691. The van der Waals surface area contributed by atoms with Crippen LogP contribution in [0.25, 0.3) is 0 Å². The van der Waals surface area contributed by atoms with Gasteiger partial charge in [-0.2, -0.15) is 0 Å². The van der Waals surface area contributed by atoms with Crippen molar-refractivity contribution in [3.8, 4) is 0 Å². The molecule has 0 radical (unpaired) electrons. The van der Waals surface area contributed by atoms with E-state index in [0.717, 1.165) is 23.6 Å². The number of carbonyl (C=O) groups is 1. The highest BCUT2D eigenvalue weighted by atomic mass is 35.5. The molecule has 1 aliphatic carbocycles. The molecule has 1 aliphatic rings. The molecule has 0 atom stereocenters. The van der Waals surface area contributed by atoms with Gasteiger partial charge < -0.3 is 15.2 Å². The minimum Gasteiger partial charge on any atom is -0.351 e. The molecule has 1 fully saturated rings. The number of aromatic nitrogens is 1. The number of benzene rings is 1. The van der Waals surface area contributed by atoms with Gasteiger partial charge in [0.25, 0.3) is 5.56 Å². The van der Waals surface area contributed by atoms with Crippen LogP contribution >= 0.6 is 12.4 Å². The average molecular weight is 362 g/mol. The zero-order valence-electron chi connectivity index (χ0n) is 14.1. The van der Waals surface area contributed by atoms with Crippen LogP contribution in [-0.2, 0) is 17.9 Å². The maximum atomic E-state index is 11.8. The number of hydrogen-bond donors (Lipinski definition) is 2. The fourth-order valence-electron chi connectivity index (χ4n) is 2.53. The van der Waals surface area contributed by atoms with Gasteiger partial charge in [0.15, 0.2) is 0 Å². The Balaban J connectivity index is 0.00000225. The van der Waals surface area contributed by atoms with Gasteiger partial charge in [-0.1, -0.05) is 30.3 Å². The van der Waals surface area contributed by atoms with Gasteiger partial charge in [0.1, 0.15) is 0 Å². The summed E-state index contributed by atoms with van der Waals surface area (Å²) in [5.74, 6) is 0.804. The Morgan fingerprint density at radius 2 is 1.80 bits per heavy atom. The van der Waals surface area contributed by atoms with E-state index in [1.165, 1.54) is 12.8 Å². The highest BCUT2D eigenvalue weighted by Gasteiger charge is 2.20. The first-order valence-corrected chi connectivity index (χ1v) is 8.41. The highest BCUT2D eigenvalue weighted by Crippen LogP contribution is 2.27. The second-order valence-electron chi connectivity index (χ2n) is 6.33. The lowest BCUT2D eigenvalue weighted by Gasteiger charge is -2.08. The summed E-state index contributed by atoms with van der Waals surface area (Å²) in [5.41, 5.74) is 2.10. The van der Waals surface area contributed by atoms with Crippen molar-refractivity contribution in [3.63, 3.8) is 0 Å². The number of carbonyl (C=O) groups excluding carboxylic acids is 1. The molecule has 1 heterocycles. The molecule has 0 unspecified atom stereocenters. The van der Waals surface area contributed by atoms with Crippen LogP contribution in [0.5, 0.6) is 0 Å². The van der Waals surface area contributed by atoms with Crippen LogP contribution in [0.4, 0.5) is 0 Å². The lowest BCUT2D eigenvalue weighted by atomic mass is 10.1. The Labute approximate surface area is 153 Å². The van der Waals surface area contributed by atoms with Crippen molar-refractivity contribution in [1.29, 1.82) is 0 Å². The van der Waals surface area contributed by atoms with Crippen molar-refractivity contribution in [2.45, 2.75) is 25.9 Å². The highest BCUT2D eigenvalue weighted by molar-refractivity contribution is 5.85. The van der Waals surface area contributed by atoms with Gasteiger partial charge in [-0.15, -0.1) is 12.4 Å². The van der Waals surface area contributed by atoms with Gasteiger partial charge in [-0.05, 0) is 42.5 Å². The van der Waals surface area contributed by atoms with Crippen LogP contribution in [0.2, 0.25) is 0 Å². The van der Waals surface area contributed by atoms with Crippen molar-refractivity contribution in [3.05, 3.63) is 70.1 Å². The third-order valence-corrected chi connectivity index (χ3v) is 4.18. The van der Waals surface area contributed by atoms with Crippen molar-refractivity contribution in [2.24, 2.45) is 5.92 Å². The number of nitrogens with zero attached hydrogens (tertiary/aromatic N) is 1. The second-order valence-corrected chi connectivity index (χ2v) is 6.33. The third-order valence-electron chi connectivity index (χ3n) is 4.18.